The maximum atomic E-state index is 13.1. The molecule has 0 radical (unpaired) electrons. The van der Waals surface area contributed by atoms with E-state index in [2.05, 4.69) is 0 Å². The van der Waals surface area contributed by atoms with Crippen LogP contribution >= 0.6 is 0 Å². The Morgan fingerprint density at radius 3 is 1.46 bits per heavy atom. The van der Waals surface area contributed by atoms with Gasteiger partial charge in [0.2, 0.25) is 17.4 Å². The Balaban J connectivity index is 1.16. The highest BCUT2D eigenvalue weighted by Gasteiger charge is 2.50. The number of methoxy groups -OCH3 is 2. The maximum absolute atomic E-state index is 13.1. The summed E-state index contributed by atoms with van der Waals surface area (Å²) in [6.07, 6.45) is 8.12. The fourth-order valence-electron chi connectivity index (χ4n) is 11.8. The van der Waals surface area contributed by atoms with Crippen LogP contribution in [0, 0.1) is 0 Å². The van der Waals surface area contributed by atoms with E-state index in [9.17, 15) is 79.9 Å². The normalized spacial score (nSPS) is 17.3. The first kappa shape index (κ1) is 80.9. The minimum atomic E-state index is -5.15. The molecule has 5 aromatic rings. The van der Waals surface area contributed by atoms with Gasteiger partial charge in [-0.25, -0.2) is 4.79 Å². The van der Waals surface area contributed by atoms with Crippen molar-refractivity contribution in [2.24, 2.45) is 0 Å². The molecule has 1 aromatic heterocycles. The number of fused-ring (bicyclic) bond motifs is 6. The molecule has 32 nitrogen and oxygen atoms in total. The minimum Gasteiger partial charge on any atom is -0.492 e. The number of aromatic nitrogens is 1. The Morgan fingerprint density at radius 1 is 0.500 bits per heavy atom. The Labute approximate surface area is 579 Å². The zero-order valence-corrected chi connectivity index (χ0v) is 59.4. The molecule has 0 saturated carbocycles. The number of hydrogen-bond acceptors (Lipinski definition) is 25. The number of rotatable bonds is 45. The molecule has 4 aromatic carbocycles. The molecule has 2 atom stereocenters. The summed E-state index contributed by atoms with van der Waals surface area (Å²) in [4.78, 5) is 15.4. The summed E-state index contributed by atoms with van der Waals surface area (Å²) < 4.78 is 238. The van der Waals surface area contributed by atoms with Crippen molar-refractivity contribution in [1.82, 2.24) is 4.73 Å². The molecule has 0 aliphatic carbocycles. The van der Waals surface area contributed by atoms with Crippen LogP contribution in [0.25, 0.3) is 21.5 Å². The van der Waals surface area contributed by atoms with Crippen LogP contribution in [0.15, 0.2) is 116 Å². The third-order valence-corrected chi connectivity index (χ3v) is 20.5. The van der Waals surface area contributed by atoms with Gasteiger partial charge in [0.25, 0.3) is 50.6 Å². The highest BCUT2D eigenvalue weighted by Crippen LogP contribution is 2.54. The van der Waals surface area contributed by atoms with E-state index in [0.29, 0.717) is 65.0 Å². The molecule has 2 aliphatic rings. The van der Waals surface area contributed by atoms with Gasteiger partial charge in [0.05, 0.1) is 133 Å². The molecule has 2 aliphatic heterocycles. The van der Waals surface area contributed by atoms with Gasteiger partial charge in [-0.3, -0.25) is 22.8 Å². The molecule has 554 valence electrons. The minimum absolute atomic E-state index is 0.00571. The van der Waals surface area contributed by atoms with E-state index in [-0.39, 0.29) is 165 Å². The second-order valence-corrected chi connectivity index (χ2v) is 30.3. The number of aromatic hydroxyl groups is 2. The Hall–Kier alpha value is -6.41. The van der Waals surface area contributed by atoms with Gasteiger partial charge >= 0.3 is 5.97 Å². The average molecular weight is 1510 g/mol. The topological polar surface area (TPSA) is 442 Å². The summed E-state index contributed by atoms with van der Waals surface area (Å²) in [6.45, 7) is 7.10. The quantitative estimate of drug-likeness (QED) is 0.0118. The van der Waals surface area contributed by atoms with Crippen LogP contribution in [0.1, 0.15) is 50.7 Å². The lowest BCUT2D eigenvalue weighted by Crippen LogP contribution is -2.32. The molecule has 7 N–H and O–H groups in total. The summed E-state index contributed by atoms with van der Waals surface area (Å²) in [6, 6.07) is 11.7. The number of benzene rings is 4. The second kappa shape index (κ2) is 36.1. The van der Waals surface area contributed by atoms with Crippen molar-refractivity contribution in [1.29, 1.82) is 0 Å². The third kappa shape index (κ3) is 21.6. The zero-order chi connectivity index (χ0) is 73.1. The van der Waals surface area contributed by atoms with Gasteiger partial charge in [-0.2, -0.15) is 46.7 Å². The number of hydrogen-bond donors (Lipinski definition) is 7. The van der Waals surface area contributed by atoms with E-state index in [1.807, 2.05) is 11.8 Å². The summed E-state index contributed by atoms with van der Waals surface area (Å²) >= 11 is 0. The number of anilines is 1. The van der Waals surface area contributed by atoms with Crippen molar-refractivity contribution in [3.63, 3.8) is 0 Å². The molecule has 100 heavy (non-hydrogen) atoms. The summed E-state index contributed by atoms with van der Waals surface area (Å²) in [5.74, 6) is -2.34. The van der Waals surface area contributed by atoms with Crippen LogP contribution in [0.3, 0.4) is 0 Å². The van der Waals surface area contributed by atoms with Crippen molar-refractivity contribution in [2.75, 3.05) is 157 Å². The zero-order valence-electron chi connectivity index (χ0n) is 55.3. The summed E-state index contributed by atoms with van der Waals surface area (Å²) in [5, 5.41) is 19.0. The molecule has 7 rings (SSSR count). The standard InChI is InChI=1S/C63H83N3O29S5/c1-62(18-8-40-96(70,71)72)55(64(20-24-85-3)51-13-11-47-49(60(51)62)41-45(97(73,74)75)43-53(47)99(79,80)81)9-6-5-7-10-56-63(2,19-23-88-29-32-92-35-34-90-27-26-86-4)61-50-42-46(98(76,77)78)44-54(100(82,83)84)48(50)12-14-52(61)65(56)21-25-89-30-33-93-37-39-94-38-36-91-31-28-87-22-17-59(69)95-66-57(67)15-16-58(66)68/h5-7,9-16,41-44H,8,17-40H2,1-4H3,(H6-,67,68,70,71,72,73,74,75,76,77,78,79,80,81,82,83,84)/p+1. The molecule has 0 fully saturated rings. The largest absolute Gasteiger partial charge is 0.492 e. The Kier molecular flexibility index (Phi) is 29.2. The smallest absolute Gasteiger partial charge is 0.335 e. The van der Waals surface area contributed by atoms with Crippen molar-refractivity contribution < 1.29 is 137 Å². The van der Waals surface area contributed by atoms with E-state index in [1.54, 1.807) is 61.1 Å². The first-order chi connectivity index (χ1) is 47.3. The van der Waals surface area contributed by atoms with Crippen LogP contribution in [-0.2, 0) is 114 Å². The Morgan fingerprint density at radius 2 is 0.970 bits per heavy atom. The highest BCUT2D eigenvalue weighted by atomic mass is 32.2. The van der Waals surface area contributed by atoms with Gasteiger partial charge in [0.1, 0.15) is 16.4 Å². The predicted molar refractivity (Wildman–Crippen MR) is 360 cm³/mol. The monoisotopic (exact) mass is 1510 g/mol. The molecular weight excluding hydrogens is 1420 g/mol. The van der Waals surface area contributed by atoms with Crippen LogP contribution in [-0.4, -0.2) is 248 Å². The molecule has 0 amide bonds. The van der Waals surface area contributed by atoms with Crippen molar-refractivity contribution in [3.8, 4) is 11.8 Å². The van der Waals surface area contributed by atoms with E-state index in [4.69, 9.17) is 52.2 Å². The Bertz CT molecular complexity index is 4380. The predicted octanol–water partition coefficient (Wildman–Crippen LogP) is 4.85. The number of nitrogens with zero attached hydrogens (tertiary/aromatic N) is 3. The van der Waals surface area contributed by atoms with Crippen LogP contribution in [0.5, 0.6) is 11.8 Å². The lowest BCUT2D eigenvalue weighted by Gasteiger charge is -2.31. The first-order valence-electron chi connectivity index (χ1n) is 31.2. The first-order valence-corrected chi connectivity index (χ1v) is 38.6. The van der Waals surface area contributed by atoms with Crippen LogP contribution in [0.4, 0.5) is 11.4 Å². The molecular formula is C63H84N3O29S5+. The van der Waals surface area contributed by atoms with Gasteiger partial charge in [-0.05, 0) is 91.9 Å². The van der Waals surface area contributed by atoms with Gasteiger partial charge in [-0.1, -0.05) is 24.3 Å². The van der Waals surface area contributed by atoms with Crippen molar-refractivity contribution in [3.05, 3.63) is 108 Å². The third-order valence-electron chi connectivity index (χ3n) is 16.3. The number of allylic oxidation sites excluding steroid dienone is 6. The fraction of sp³-hybridized carbons (Fsp3) is 0.492. The second-order valence-electron chi connectivity index (χ2n) is 23.1. The lowest BCUT2D eigenvalue weighted by molar-refractivity contribution is -0.441. The van der Waals surface area contributed by atoms with E-state index < -0.39 is 104 Å². The maximum Gasteiger partial charge on any atom is 0.335 e. The van der Waals surface area contributed by atoms with E-state index >= 15 is 0 Å². The lowest BCUT2D eigenvalue weighted by atomic mass is 9.74. The molecule has 37 heteroatoms. The number of ether oxygens (including phenoxy) is 10. The summed E-state index contributed by atoms with van der Waals surface area (Å²) in [7, 11) is -22.1. The van der Waals surface area contributed by atoms with Gasteiger partial charge in [0.15, 0.2) is 12.3 Å². The highest BCUT2D eigenvalue weighted by molar-refractivity contribution is 7.87. The summed E-state index contributed by atoms with van der Waals surface area (Å²) in [5.41, 5.74) is -0.0609. The van der Waals surface area contributed by atoms with Crippen LogP contribution in [0.2, 0.25) is 0 Å². The van der Waals surface area contributed by atoms with Crippen molar-refractivity contribution >= 4 is 95.2 Å². The number of carbonyl (C=O) groups is 1. The van der Waals surface area contributed by atoms with Gasteiger partial charge in [-0.15, -0.1) is 4.73 Å². The average Bonchev–Trinajstić information content (AvgIpc) is 1.53. The van der Waals surface area contributed by atoms with Gasteiger partial charge in [0, 0.05) is 84.8 Å². The molecule has 2 unspecified atom stereocenters. The van der Waals surface area contributed by atoms with Crippen LogP contribution < -0.4 is 9.74 Å². The molecule has 3 heterocycles. The number of carbonyl (C=O) groups excluding carboxylic acids is 1. The van der Waals surface area contributed by atoms with E-state index in [0.717, 1.165) is 24.3 Å². The van der Waals surface area contributed by atoms with Crippen molar-refractivity contribution in [2.45, 2.75) is 69.9 Å². The van der Waals surface area contributed by atoms with E-state index in [1.165, 1.54) is 19.2 Å². The fourth-order valence-corrected chi connectivity index (χ4v) is 14.9. The molecule has 0 spiro atoms. The SMILES string of the molecule is COCCOCCOCCOCCC1(C)C(=CC=CC=CC2=[N+](CCOC)c3ccc4c(S(=O)(=O)O)cc(S(=O)(=O)O)cc4c3C2(C)CCCS(=O)(=O)O)N(CCOCCOCCOCCOCCOCCC(=O)On2c(O)ccc2O)c2ccc3c(S(=O)(=O)O)cc(S(=O)(=O)O)cc3c21. The molecule has 0 bridgehead atoms. The van der Waals surface area contributed by atoms with Gasteiger partial charge < -0.3 is 67.3 Å². The molecule has 0 saturated heterocycles.